The standard InChI is InChI=1S/C28H31AsClN3/c29-27-12-15-33(28-21-24(30)10-11-26(27)28)14-5-13-31-16-18-32(19-17-31)25-9-4-8-23(20-25)22-6-2-1-3-7-22/h1-4,6-12,15,20-21,27H,5,13-14,16-19,29H2. The van der Waals surface area contributed by atoms with E-state index in [-0.39, 0.29) is 0 Å². The molecule has 33 heavy (non-hydrogen) atoms. The molecule has 1 fully saturated rings. The summed E-state index contributed by atoms with van der Waals surface area (Å²) in [6.45, 7) is 6.57. The van der Waals surface area contributed by atoms with Crippen LogP contribution in [0.25, 0.3) is 11.1 Å². The summed E-state index contributed by atoms with van der Waals surface area (Å²) < 4.78 is 0.509. The summed E-state index contributed by atoms with van der Waals surface area (Å²) in [5, 5.41) is 0.821. The molecule has 2 aliphatic rings. The van der Waals surface area contributed by atoms with Gasteiger partial charge < -0.3 is 0 Å². The van der Waals surface area contributed by atoms with Crippen molar-refractivity contribution in [1.29, 1.82) is 0 Å². The Labute approximate surface area is 211 Å². The van der Waals surface area contributed by atoms with Crippen LogP contribution >= 0.6 is 11.6 Å². The molecule has 2 heterocycles. The second-order valence-corrected chi connectivity index (χ2v) is 10.8. The molecule has 2 atom stereocenters. The van der Waals surface area contributed by atoms with Crippen molar-refractivity contribution in [1.82, 2.24) is 4.90 Å². The quantitative estimate of drug-likeness (QED) is 0.413. The number of allylic oxidation sites excluding steroid dienone is 1. The van der Waals surface area contributed by atoms with Crippen LogP contribution in [0.1, 0.15) is 16.7 Å². The molecule has 5 rings (SSSR count). The van der Waals surface area contributed by atoms with E-state index in [0.29, 0.717) is 4.71 Å². The molecule has 0 N–H and O–H groups in total. The molecule has 3 nitrogen and oxygen atoms in total. The average Bonchev–Trinajstić information content (AvgIpc) is 2.86. The first-order valence-corrected chi connectivity index (χ1v) is 13.6. The molecule has 0 aliphatic carbocycles. The summed E-state index contributed by atoms with van der Waals surface area (Å²) in [6.07, 6.45) is 5.72. The Hall–Kier alpha value is -2.19. The molecule has 2 aliphatic heterocycles. The first kappa shape index (κ1) is 22.6. The van der Waals surface area contributed by atoms with Gasteiger partial charge in [0.25, 0.3) is 0 Å². The molecule has 0 spiro atoms. The molecule has 0 bridgehead atoms. The van der Waals surface area contributed by atoms with Gasteiger partial charge in [0, 0.05) is 0 Å². The van der Waals surface area contributed by atoms with E-state index in [2.05, 4.69) is 93.7 Å². The van der Waals surface area contributed by atoms with Gasteiger partial charge >= 0.3 is 146 Å². The van der Waals surface area contributed by atoms with Crippen molar-refractivity contribution in [3.05, 3.63) is 95.7 Å². The molecule has 2 unspecified atom stereocenters. The second kappa shape index (κ2) is 10.4. The van der Waals surface area contributed by atoms with Gasteiger partial charge in [0.1, 0.15) is 0 Å². The Kier molecular flexibility index (Phi) is 7.11. The topological polar surface area (TPSA) is 9.72 Å². The van der Waals surface area contributed by atoms with Crippen LogP contribution < -0.4 is 9.80 Å². The summed E-state index contributed by atoms with van der Waals surface area (Å²) in [4.78, 5) is 7.51. The Morgan fingerprint density at radius 1 is 0.818 bits per heavy atom. The van der Waals surface area contributed by atoms with Crippen LogP contribution in [0.3, 0.4) is 0 Å². The van der Waals surface area contributed by atoms with Crippen LogP contribution in [0.5, 0.6) is 0 Å². The summed E-state index contributed by atoms with van der Waals surface area (Å²) in [5.74, 6) is 0. The maximum absolute atomic E-state index is 6.30. The van der Waals surface area contributed by atoms with E-state index in [4.69, 9.17) is 11.6 Å². The third-order valence-corrected chi connectivity index (χ3v) is 8.15. The number of rotatable bonds is 6. The molecule has 3 aromatic carbocycles. The normalized spacial score (nSPS) is 18.4. The number of piperazine rings is 1. The fourth-order valence-corrected chi connectivity index (χ4v) is 5.80. The molecular formula is C28H31AsClN3. The second-order valence-electron chi connectivity index (χ2n) is 8.86. The number of nitrogens with zero attached hydrogens (tertiary/aromatic N) is 3. The zero-order valence-corrected chi connectivity index (χ0v) is 22.1. The SMILES string of the molecule is Clc1ccc2c(c1)N(CCCN1CCN(c3cccc(-c4ccccc4)c3)CC1)C=CC2[AsH2]. The van der Waals surface area contributed by atoms with Gasteiger partial charge in [-0.15, -0.1) is 0 Å². The van der Waals surface area contributed by atoms with Crippen LogP contribution in [0.15, 0.2) is 85.1 Å². The van der Waals surface area contributed by atoms with Gasteiger partial charge in [0.05, 0.1) is 0 Å². The van der Waals surface area contributed by atoms with E-state index >= 15 is 0 Å². The molecule has 0 radical (unpaired) electrons. The minimum absolute atomic E-state index is 0.509. The van der Waals surface area contributed by atoms with E-state index in [0.717, 1.165) is 50.7 Å². The molecular weight excluding hydrogens is 489 g/mol. The van der Waals surface area contributed by atoms with E-state index in [9.17, 15) is 0 Å². The Morgan fingerprint density at radius 3 is 2.42 bits per heavy atom. The molecule has 3 aromatic rings. The fraction of sp³-hybridized carbons (Fsp3) is 0.286. The van der Waals surface area contributed by atoms with E-state index in [1.807, 2.05) is 6.07 Å². The van der Waals surface area contributed by atoms with Crippen molar-refractivity contribution in [2.75, 3.05) is 49.1 Å². The van der Waals surface area contributed by atoms with Crippen molar-refractivity contribution in [2.45, 2.75) is 11.1 Å². The number of fused-ring (bicyclic) bond motifs is 1. The van der Waals surface area contributed by atoms with Crippen molar-refractivity contribution in [3.8, 4) is 11.1 Å². The third kappa shape index (κ3) is 5.32. The van der Waals surface area contributed by atoms with Crippen LogP contribution in [0.4, 0.5) is 11.4 Å². The number of halogens is 1. The average molecular weight is 520 g/mol. The fourth-order valence-electron chi connectivity index (χ4n) is 4.83. The first-order valence-electron chi connectivity index (χ1n) is 11.8. The van der Waals surface area contributed by atoms with E-state index in [1.165, 1.54) is 28.1 Å². The molecule has 0 saturated carbocycles. The molecule has 0 amide bonds. The summed E-state index contributed by atoms with van der Waals surface area (Å²) in [6, 6.07) is 25.9. The molecule has 1 saturated heterocycles. The van der Waals surface area contributed by atoms with E-state index in [1.54, 1.807) is 16.9 Å². The van der Waals surface area contributed by atoms with Crippen molar-refractivity contribution >= 4 is 39.8 Å². The van der Waals surface area contributed by atoms with Crippen LogP contribution in [-0.4, -0.2) is 61.0 Å². The summed E-state index contributed by atoms with van der Waals surface area (Å²) in [7, 11) is 0. The number of benzene rings is 3. The first-order chi connectivity index (χ1) is 16.2. The Morgan fingerprint density at radius 2 is 1.61 bits per heavy atom. The minimum atomic E-state index is 0.509. The van der Waals surface area contributed by atoms with Crippen molar-refractivity contribution in [2.24, 2.45) is 0 Å². The predicted octanol–water partition coefficient (Wildman–Crippen LogP) is 5.23. The van der Waals surface area contributed by atoms with E-state index < -0.39 is 0 Å². The van der Waals surface area contributed by atoms with Gasteiger partial charge in [-0.3, -0.25) is 0 Å². The van der Waals surface area contributed by atoms with Crippen molar-refractivity contribution in [3.63, 3.8) is 0 Å². The molecule has 0 aromatic heterocycles. The van der Waals surface area contributed by atoms with Crippen LogP contribution in [0.2, 0.25) is 5.02 Å². The molecule has 170 valence electrons. The summed E-state index contributed by atoms with van der Waals surface area (Å²) in [5.41, 5.74) is 6.58. The Bertz CT molecular complexity index is 1110. The van der Waals surface area contributed by atoms with Gasteiger partial charge in [-0.1, -0.05) is 42.5 Å². The number of hydrogen-bond donors (Lipinski definition) is 0. The Balaban J connectivity index is 1.13. The van der Waals surface area contributed by atoms with Crippen LogP contribution in [-0.2, 0) is 0 Å². The van der Waals surface area contributed by atoms with Crippen LogP contribution in [0, 0.1) is 0 Å². The monoisotopic (exact) mass is 519 g/mol. The maximum atomic E-state index is 6.30. The van der Waals surface area contributed by atoms with Gasteiger partial charge in [-0.2, -0.15) is 0 Å². The van der Waals surface area contributed by atoms with Crippen molar-refractivity contribution < 1.29 is 0 Å². The van der Waals surface area contributed by atoms with Gasteiger partial charge in [0.15, 0.2) is 0 Å². The number of hydrogen-bond acceptors (Lipinski definition) is 3. The number of anilines is 2. The zero-order valence-electron chi connectivity index (χ0n) is 18.9. The van der Waals surface area contributed by atoms with Gasteiger partial charge in [-0.05, 0) is 23.3 Å². The zero-order chi connectivity index (χ0) is 22.6. The molecule has 5 heteroatoms. The predicted molar refractivity (Wildman–Crippen MR) is 144 cm³/mol. The summed E-state index contributed by atoms with van der Waals surface area (Å²) >= 11 is 8.04. The van der Waals surface area contributed by atoms with Gasteiger partial charge in [0.2, 0.25) is 0 Å². The third-order valence-electron chi connectivity index (χ3n) is 6.70. The van der Waals surface area contributed by atoms with Gasteiger partial charge in [-0.25, -0.2) is 0 Å².